The zero-order valence-electron chi connectivity index (χ0n) is 12.0. The average molecular weight is 268 g/mol. The molecule has 2 aromatic carbocycles. The monoisotopic (exact) mass is 268 g/mol. The summed E-state index contributed by atoms with van der Waals surface area (Å²) in [6, 6.07) is 14.8. The van der Waals surface area contributed by atoms with Crippen LogP contribution in [0.1, 0.15) is 22.7 Å². The van der Waals surface area contributed by atoms with Crippen LogP contribution >= 0.6 is 0 Å². The molecule has 1 aliphatic rings. The molecule has 1 atom stereocenters. The van der Waals surface area contributed by atoms with E-state index < -0.39 is 0 Å². The van der Waals surface area contributed by atoms with E-state index in [1.165, 1.54) is 16.7 Å². The quantitative estimate of drug-likeness (QED) is 0.851. The number of hydrogen-bond donors (Lipinski definition) is 1. The van der Waals surface area contributed by atoms with E-state index in [0.29, 0.717) is 0 Å². The van der Waals surface area contributed by atoms with Crippen LogP contribution in [-0.2, 0) is 6.42 Å². The lowest BCUT2D eigenvalue weighted by molar-refractivity contribution is 0.264. The van der Waals surface area contributed by atoms with Crippen molar-refractivity contribution >= 4 is 5.69 Å². The zero-order valence-corrected chi connectivity index (χ0v) is 12.0. The summed E-state index contributed by atoms with van der Waals surface area (Å²) in [6.45, 7) is 1.06. The maximum absolute atomic E-state index is 5.80. The van der Waals surface area contributed by atoms with Crippen LogP contribution < -0.4 is 10.5 Å². The van der Waals surface area contributed by atoms with E-state index in [1.807, 2.05) is 18.2 Å². The van der Waals surface area contributed by atoms with Crippen molar-refractivity contribution in [3.63, 3.8) is 0 Å². The molecule has 1 unspecified atom stereocenters. The molecule has 104 valence electrons. The zero-order chi connectivity index (χ0) is 14.1. The van der Waals surface area contributed by atoms with Gasteiger partial charge in [0.25, 0.3) is 0 Å². The van der Waals surface area contributed by atoms with E-state index in [0.717, 1.165) is 24.4 Å². The van der Waals surface area contributed by atoms with Crippen molar-refractivity contribution in [3.05, 3.63) is 59.2 Å². The van der Waals surface area contributed by atoms with Gasteiger partial charge in [-0.1, -0.05) is 18.2 Å². The van der Waals surface area contributed by atoms with E-state index in [4.69, 9.17) is 10.5 Å². The van der Waals surface area contributed by atoms with Crippen LogP contribution in [0, 0.1) is 0 Å². The number of ether oxygens (including phenoxy) is 1. The van der Waals surface area contributed by atoms with E-state index >= 15 is 0 Å². The van der Waals surface area contributed by atoms with Crippen LogP contribution in [0.25, 0.3) is 0 Å². The van der Waals surface area contributed by atoms with E-state index in [-0.39, 0.29) is 6.04 Å². The van der Waals surface area contributed by atoms with Gasteiger partial charge in [-0.2, -0.15) is 0 Å². The number of nitrogen functional groups attached to an aromatic ring is 1. The van der Waals surface area contributed by atoms with Crippen molar-refractivity contribution in [1.29, 1.82) is 0 Å². The number of likely N-dealkylation sites (N-methyl/N-ethyl adjacent to an activating group) is 1. The maximum Gasteiger partial charge on any atom is 0.119 e. The van der Waals surface area contributed by atoms with Crippen molar-refractivity contribution < 1.29 is 4.74 Å². The Kier molecular flexibility index (Phi) is 3.36. The van der Waals surface area contributed by atoms with Crippen LogP contribution in [0.5, 0.6) is 5.75 Å². The third kappa shape index (κ3) is 2.25. The molecule has 3 nitrogen and oxygen atoms in total. The highest BCUT2D eigenvalue weighted by atomic mass is 16.5. The molecule has 0 aliphatic carbocycles. The predicted molar refractivity (Wildman–Crippen MR) is 82.0 cm³/mol. The van der Waals surface area contributed by atoms with E-state index in [9.17, 15) is 0 Å². The molecule has 0 radical (unpaired) electrons. The minimum atomic E-state index is 0.273. The molecule has 0 bridgehead atoms. The Morgan fingerprint density at radius 3 is 2.60 bits per heavy atom. The Hall–Kier alpha value is -2.00. The van der Waals surface area contributed by atoms with Gasteiger partial charge < -0.3 is 10.5 Å². The van der Waals surface area contributed by atoms with Gasteiger partial charge in [0, 0.05) is 12.2 Å². The molecule has 1 heterocycles. The lowest BCUT2D eigenvalue weighted by atomic mass is 9.88. The number of benzene rings is 2. The predicted octanol–water partition coefficient (Wildman–Crippen LogP) is 2.85. The summed E-state index contributed by atoms with van der Waals surface area (Å²) >= 11 is 0. The number of nitrogens with two attached hydrogens (primary N) is 1. The molecule has 2 N–H and O–H groups in total. The van der Waals surface area contributed by atoms with Gasteiger partial charge in [-0.15, -0.1) is 0 Å². The van der Waals surface area contributed by atoms with Crippen LogP contribution in [0.15, 0.2) is 42.5 Å². The van der Waals surface area contributed by atoms with Gasteiger partial charge in [0.05, 0.1) is 13.2 Å². The lowest BCUT2D eigenvalue weighted by Crippen LogP contribution is -2.32. The van der Waals surface area contributed by atoms with Crippen molar-refractivity contribution in [2.45, 2.75) is 12.5 Å². The second-order valence-electron chi connectivity index (χ2n) is 5.36. The Balaban J connectivity index is 2.08. The largest absolute Gasteiger partial charge is 0.497 e. The molecule has 0 fully saturated rings. The Labute approximate surface area is 120 Å². The Morgan fingerprint density at radius 1 is 1.15 bits per heavy atom. The third-order valence-electron chi connectivity index (χ3n) is 4.07. The minimum absolute atomic E-state index is 0.273. The van der Waals surface area contributed by atoms with Crippen molar-refractivity contribution in [3.8, 4) is 5.75 Å². The summed E-state index contributed by atoms with van der Waals surface area (Å²) in [6.07, 6.45) is 1.08. The number of anilines is 1. The summed E-state index contributed by atoms with van der Waals surface area (Å²) in [5, 5.41) is 0. The standard InChI is InChI=1S/C17H20N2O/c1-19-10-9-12-5-8-15(20-2)11-16(12)17(19)13-3-6-14(18)7-4-13/h3-8,11,17H,9-10,18H2,1-2H3. The van der Waals surface area contributed by atoms with Crippen LogP contribution in [0.3, 0.4) is 0 Å². The summed E-state index contributed by atoms with van der Waals surface area (Å²) in [4.78, 5) is 2.38. The number of fused-ring (bicyclic) bond motifs is 1. The fourth-order valence-corrected chi connectivity index (χ4v) is 2.96. The second-order valence-corrected chi connectivity index (χ2v) is 5.36. The molecule has 0 amide bonds. The number of rotatable bonds is 2. The van der Waals surface area contributed by atoms with Gasteiger partial charge in [0.2, 0.25) is 0 Å². The van der Waals surface area contributed by atoms with Gasteiger partial charge in [-0.25, -0.2) is 0 Å². The highest BCUT2D eigenvalue weighted by Crippen LogP contribution is 2.36. The van der Waals surface area contributed by atoms with Gasteiger partial charge >= 0.3 is 0 Å². The smallest absolute Gasteiger partial charge is 0.119 e. The average Bonchev–Trinajstić information content (AvgIpc) is 2.48. The van der Waals surface area contributed by atoms with Gasteiger partial charge in [-0.3, -0.25) is 4.90 Å². The number of methoxy groups -OCH3 is 1. The molecule has 0 saturated heterocycles. The lowest BCUT2D eigenvalue weighted by Gasteiger charge is -2.35. The molecule has 2 aromatic rings. The first kappa shape index (κ1) is 13.0. The van der Waals surface area contributed by atoms with Gasteiger partial charge in [0.15, 0.2) is 0 Å². The van der Waals surface area contributed by atoms with Gasteiger partial charge in [-0.05, 0) is 54.4 Å². The summed E-state index contributed by atoms with van der Waals surface area (Å²) in [7, 11) is 3.88. The van der Waals surface area contributed by atoms with Gasteiger partial charge in [0.1, 0.15) is 5.75 Å². The minimum Gasteiger partial charge on any atom is -0.497 e. The molecule has 0 saturated carbocycles. The third-order valence-corrected chi connectivity index (χ3v) is 4.07. The molecular formula is C17H20N2O. The van der Waals surface area contributed by atoms with Crippen molar-refractivity contribution in [1.82, 2.24) is 4.90 Å². The van der Waals surface area contributed by atoms with Crippen LogP contribution in [-0.4, -0.2) is 25.6 Å². The molecule has 20 heavy (non-hydrogen) atoms. The highest BCUT2D eigenvalue weighted by Gasteiger charge is 2.26. The Bertz CT molecular complexity index is 607. The number of hydrogen-bond acceptors (Lipinski definition) is 3. The second kappa shape index (κ2) is 5.17. The normalized spacial score (nSPS) is 18.6. The van der Waals surface area contributed by atoms with Crippen LogP contribution in [0.4, 0.5) is 5.69 Å². The molecule has 3 heteroatoms. The first-order valence-corrected chi connectivity index (χ1v) is 6.91. The van der Waals surface area contributed by atoms with E-state index in [2.05, 4.69) is 36.2 Å². The molecule has 3 rings (SSSR count). The SMILES string of the molecule is COc1ccc2c(c1)C(c1ccc(N)cc1)N(C)CC2. The van der Waals surface area contributed by atoms with E-state index in [1.54, 1.807) is 7.11 Å². The van der Waals surface area contributed by atoms with Crippen molar-refractivity contribution in [2.24, 2.45) is 0 Å². The maximum atomic E-state index is 5.80. The highest BCUT2D eigenvalue weighted by molar-refractivity contribution is 5.47. The summed E-state index contributed by atoms with van der Waals surface area (Å²) < 4.78 is 5.38. The molecule has 1 aliphatic heterocycles. The fraction of sp³-hybridized carbons (Fsp3) is 0.294. The molecule has 0 aromatic heterocycles. The molecular weight excluding hydrogens is 248 g/mol. The summed E-state index contributed by atoms with van der Waals surface area (Å²) in [5.41, 5.74) is 10.6. The fourth-order valence-electron chi connectivity index (χ4n) is 2.96. The van der Waals surface area contributed by atoms with Crippen LogP contribution in [0.2, 0.25) is 0 Å². The first-order valence-electron chi connectivity index (χ1n) is 6.91. The number of nitrogens with zero attached hydrogens (tertiary/aromatic N) is 1. The first-order chi connectivity index (χ1) is 9.69. The van der Waals surface area contributed by atoms with Crippen molar-refractivity contribution in [2.75, 3.05) is 26.4 Å². The molecule has 0 spiro atoms. The summed E-state index contributed by atoms with van der Waals surface area (Å²) in [5.74, 6) is 0.916. The topological polar surface area (TPSA) is 38.5 Å². The Morgan fingerprint density at radius 2 is 1.90 bits per heavy atom.